The Hall–Kier alpha value is -3.17. The zero-order valence-corrected chi connectivity index (χ0v) is 19.1. The van der Waals surface area contributed by atoms with Crippen LogP contribution in [0.15, 0.2) is 40.9 Å². The zero-order valence-electron chi connectivity index (χ0n) is 19.1. The third-order valence-electron chi connectivity index (χ3n) is 5.24. The number of rotatable bonds is 5. The highest BCUT2D eigenvalue weighted by molar-refractivity contribution is 5.67. The second-order valence-corrected chi connectivity index (χ2v) is 7.80. The van der Waals surface area contributed by atoms with E-state index in [1.165, 1.54) is 11.1 Å². The molecule has 31 heavy (non-hydrogen) atoms. The van der Waals surface area contributed by atoms with Crippen LogP contribution in [0.5, 0.6) is 5.75 Å². The van der Waals surface area contributed by atoms with E-state index in [2.05, 4.69) is 47.3 Å². The Morgan fingerprint density at radius 1 is 1.19 bits per heavy atom. The number of nitriles is 1. The summed E-state index contributed by atoms with van der Waals surface area (Å²) in [5.74, 6) is 1.53. The maximum absolute atomic E-state index is 9.46. The first-order valence-corrected chi connectivity index (χ1v) is 10.8. The fourth-order valence-electron chi connectivity index (χ4n) is 3.94. The maximum Gasteiger partial charge on any atom is 0.258 e. The Balaban J connectivity index is 0.00000132. The Kier molecular flexibility index (Phi) is 7.09. The van der Waals surface area contributed by atoms with Crippen LogP contribution in [-0.2, 0) is 6.42 Å². The molecular formula is C25H30N4O2. The van der Waals surface area contributed by atoms with Gasteiger partial charge < -0.3 is 14.2 Å². The molecule has 162 valence electrons. The van der Waals surface area contributed by atoms with Crippen molar-refractivity contribution in [3.8, 4) is 34.7 Å². The van der Waals surface area contributed by atoms with Gasteiger partial charge in [0.2, 0.25) is 5.82 Å². The van der Waals surface area contributed by atoms with Gasteiger partial charge in [-0.25, -0.2) is 0 Å². The number of hydrogen-bond donors (Lipinski definition) is 0. The molecule has 2 aromatic carbocycles. The molecular weight excluding hydrogens is 388 g/mol. The second kappa shape index (κ2) is 9.76. The van der Waals surface area contributed by atoms with Crippen LogP contribution < -0.4 is 4.74 Å². The van der Waals surface area contributed by atoms with E-state index in [4.69, 9.17) is 9.26 Å². The summed E-state index contributed by atoms with van der Waals surface area (Å²) in [6.45, 7) is 7.86. The summed E-state index contributed by atoms with van der Waals surface area (Å²) in [6, 6.07) is 14.2. The summed E-state index contributed by atoms with van der Waals surface area (Å²) in [4.78, 5) is 6.87. The smallest absolute Gasteiger partial charge is 0.258 e. The normalized spacial score (nSPS) is 14.7. The lowest BCUT2D eigenvalue weighted by atomic mass is 10.0. The molecule has 0 aliphatic heterocycles. The number of benzene rings is 2. The molecule has 0 radical (unpaired) electrons. The van der Waals surface area contributed by atoms with Gasteiger partial charge in [0.25, 0.3) is 5.89 Å². The number of ether oxygens (including phenoxy) is 1. The SMILES string of the molecule is CC.CC(C)Oc1ccc(-c2nc(-c3cccc4c3CCC4N(C)C)no2)cc1C#N. The number of hydrogen-bond acceptors (Lipinski definition) is 6. The molecule has 4 rings (SSSR count). The minimum Gasteiger partial charge on any atom is -0.490 e. The largest absolute Gasteiger partial charge is 0.490 e. The second-order valence-electron chi connectivity index (χ2n) is 7.80. The standard InChI is InChI=1S/C23H24N4O2.C2H6/c1-14(2)28-21-11-8-15(12-16(21)13-24)23-25-22(26-29-23)19-7-5-6-18-17(19)9-10-20(18)27(3)4;1-2/h5-8,11-12,14,20H,9-10H2,1-4H3;1-2H3. The average Bonchev–Trinajstić information content (AvgIpc) is 3.42. The molecule has 1 heterocycles. The Morgan fingerprint density at radius 2 is 1.97 bits per heavy atom. The fraction of sp³-hybridized carbons (Fsp3) is 0.400. The molecule has 0 saturated heterocycles. The Labute approximate surface area is 184 Å². The van der Waals surface area contributed by atoms with Gasteiger partial charge in [-0.2, -0.15) is 10.2 Å². The summed E-state index contributed by atoms with van der Waals surface area (Å²) >= 11 is 0. The zero-order chi connectivity index (χ0) is 22.5. The van der Waals surface area contributed by atoms with Gasteiger partial charge in [-0.1, -0.05) is 37.2 Å². The lowest BCUT2D eigenvalue weighted by Gasteiger charge is -2.20. The van der Waals surface area contributed by atoms with Crippen molar-refractivity contribution in [1.29, 1.82) is 5.26 Å². The number of aromatic nitrogens is 2. The van der Waals surface area contributed by atoms with Crippen molar-refractivity contribution in [2.45, 2.75) is 52.7 Å². The van der Waals surface area contributed by atoms with Crippen molar-refractivity contribution >= 4 is 0 Å². The lowest BCUT2D eigenvalue weighted by Crippen LogP contribution is -2.17. The predicted molar refractivity (Wildman–Crippen MR) is 122 cm³/mol. The Morgan fingerprint density at radius 3 is 2.65 bits per heavy atom. The van der Waals surface area contributed by atoms with Crippen molar-refractivity contribution in [3.63, 3.8) is 0 Å². The first-order chi connectivity index (χ1) is 15.0. The quantitative estimate of drug-likeness (QED) is 0.534. The average molecular weight is 419 g/mol. The molecule has 1 atom stereocenters. The van der Waals surface area contributed by atoms with Crippen LogP contribution >= 0.6 is 0 Å². The van der Waals surface area contributed by atoms with Crippen molar-refractivity contribution in [2.75, 3.05) is 14.1 Å². The van der Waals surface area contributed by atoms with Crippen molar-refractivity contribution < 1.29 is 9.26 Å². The van der Waals surface area contributed by atoms with Gasteiger partial charge >= 0.3 is 0 Å². The minimum atomic E-state index is -0.00544. The molecule has 0 N–H and O–H groups in total. The summed E-state index contributed by atoms with van der Waals surface area (Å²) < 4.78 is 11.2. The van der Waals surface area contributed by atoms with Crippen molar-refractivity contribution in [1.82, 2.24) is 15.0 Å². The molecule has 6 nitrogen and oxygen atoms in total. The van der Waals surface area contributed by atoms with E-state index in [0.717, 1.165) is 18.4 Å². The third-order valence-corrected chi connectivity index (χ3v) is 5.24. The van der Waals surface area contributed by atoms with Crippen LogP contribution in [0.4, 0.5) is 0 Å². The van der Waals surface area contributed by atoms with Gasteiger partial charge in [0, 0.05) is 17.2 Å². The summed E-state index contributed by atoms with van der Waals surface area (Å²) in [5, 5.41) is 13.7. The molecule has 1 aromatic heterocycles. The van der Waals surface area contributed by atoms with E-state index in [1.807, 2.05) is 39.8 Å². The fourth-order valence-corrected chi connectivity index (χ4v) is 3.94. The highest BCUT2D eigenvalue weighted by Crippen LogP contribution is 2.39. The van der Waals surface area contributed by atoms with E-state index >= 15 is 0 Å². The summed E-state index contributed by atoms with van der Waals surface area (Å²) in [6.07, 6.45) is 2.08. The molecule has 6 heteroatoms. The monoisotopic (exact) mass is 418 g/mol. The summed E-state index contributed by atoms with van der Waals surface area (Å²) in [5.41, 5.74) is 4.79. The van der Waals surface area contributed by atoms with E-state index in [-0.39, 0.29) is 6.10 Å². The number of fused-ring (bicyclic) bond motifs is 1. The van der Waals surface area contributed by atoms with Crippen molar-refractivity contribution in [2.24, 2.45) is 0 Å². The lowest BCUT2D eigenvalue weighted by molar-refractivity contribution is 0.241. The Bertz CT molecular complexity index is 1080. The minimum absolute atomic E-state index is 0.00544. The van der Waals surface area contributed by atoms with Crippen molar-refractivity contribution in [3.05, 3.63) is 53.1 Å². The van der Waals surface area contributed by atoms with Gasteiger partial charge in [-0.05, 0) is 70.1 Å². The molecule has 0 saturated carbocycles. The molecule has 1 unspecified atom stereocenters. The van der Waals surface area contributed by atoms with Crippen LogP contribution in [0.25, 0.3) is 22.8 Å². The highest BCUT2D eigenvalue weighted by atomic mass is 16.5. The molecule has 0 amide bonds. The topological polar surface area (TPSA) is 75.2 Å². The molecule has 0 spiro atoms. The van der Waals surface area contributed by atoms with E-state index in [9.17, 15) is 5.26 Å². The van der Waals surface area contributed by atoms with Gasteiger partial charge in [0.1, 0.15) is 11.8 Å². The molecule has 1 aliphatic rings. The molecule has 0 bridgehead atoms. The van der Waals surface area contributed by atoms with Crippen LogP contribution in [0, 0.1) is 11.3 Å². The summed E-state index contributed by atoms with van der Waals surface area (Å²) in [7, 11) is 4.22. The third kappa shape index (κ3) is 4.62. The van der Waals surface area contributed by atoms with Gasteiger partial charge in [0.15, 0.2) is 0 Å². The van der Waals surface area contributed by atoms with E-state index in [0.29, 0.717) is 34.6 Å². The maximum atomic E-state index is 9.46. The van der Waals surface area contributed by atoms with Gasteiger partial charge in [0.05, 0.1) is 11.7 Å². The van der Waals surface area contributed by atoms with Gasteiger partial charge in [-0.3, -0.25) is 0 Å². The van der Waals surface area contributed by atoms with Crippen LogP contribution in [0.1, 0.15) is 56.8 Å². The van der Waals surface area contributed by atoms with E-state index in [1.54, 1.807) is 12.1 Å². The van der Waals surface area contributed by atoms with Crippen LogP contribution in [-0.4, -0.2) is 35.2 Å². The molecule has 0 fully saturated rings. The highest BCUT2D eigenvalue weighted by Gasteiger charge is 2.27. The van der Waals surface area contributed by atoms with E-state index < -0.39 is 0 Å². The number of nitrogens with zero attached hydrogens (tertiary/aromatic N) is 4. The molecule has 1 aliphatic carbocycles. The predicted octanol–water partition coefficient (Wildman–Crippen LogP) is 5.64. The van der Waals surface area contributed by atoms with Crippen LogP contribution in [0.2, 0.25) is 0 Å². The molecule has 3 aromatic rings. The van der Waals surface area contributed by atoms with Gasteiger partial charge in [-0.15, -0.1) is 0 Å². The first kappa shape index (κ1) is 22.5. The van der Waals surface area contributed by atoms with Crippen LogP contribution in [0.3, 0.4) is 0 Å². The first-order valence-electron chi connectivity index (χ1n) is 10.8.